The molecule has 0 spiro atoms. The lowest BCUT2D eigenvalue weighted by Crippen LogP contribution is -2.48. The van der Waals surface area contributed by atoms with E-state index in [0.717, 1.165) is 70.7 Å². The van der Waals surface area contributed by atoms with Crippen molar-refractivity contribution in [1.82, 2.24) is 15.5 Å². The summed E-state index contributed by atoms with van der Waals surface area (Å²) in [6.07, 6.45) is 8.89. The number of carbonyl (C=O) groups excluding carboxylic acids is 1. The highest BCUT2D eigenvalue weighted by Gasteiger charge is 2.19. The van der Waals surface area contributed by atoms with Gasteiger partial charge < -0.3 is 15.4 Å². The third-order valence-corrected chi connectivity index (χ3v) is 4.56. The summed E-state index contributed by atoms with van der Waals surface area (Å²) < 4.78 is 5.32. The van der Waals surface area contributed by atoms with E-state index in [2.05, 4.69) is 27.1 Å². The fourth-order valence-electron chi connectivity index (χ4n) is 3.18. The number of nitrogens with zero attached hydrogens (tertiary/aromatic N) is 2. The highest BCUT2D eigenvalue weighted by Crippen LogP contribution is 2.11. The summed E-state index contributed by atoms with van der Waals surface area (Å²) in [5.74, 6) is 0.801. The molecule has 6 heteroatoms. The third kappa shape index (κ3) is 11.7. The molecule has 2 N–H and O–H groups in total. The van der Waals surface area contributed by atoms with E-state index in [1.54, 1.807) is 0 Å². The van der Waals surface area contributed by atoms with Crippen LogP contribution in [0.4, 0.5) is 0 Å². The molecule has 0 bridgehead atoms. The summed E-state index contributed by atoms with van der Waals surface area (Å²) >= 11 is 0. The van der Waals surface area contributed by atoms with Crippen LogP contribution in [0.3, 0.4) is 0 Å². The van der Waals surface area contributed by atoms with Crippen molar-refractivity contribution in [3.8, 4) is 0 Å². The first kappa shape index (κ1) is 23.5. The fraction of sp³-hybridized carbons (Fsp3) is 0.810. The lowest BCUT2D eigenvalue weighted by atomic mass is 10.1. The molecule has 156 valence electrons. The van der Waals surface area contributed by atoms with Gasteiger partial charge in [-0.25, -0.2) is 0 Å². The predicted molar refractivity (Wildman–Crippen MR) is 113 cm³/mol. The topological polar surface area (TPSA) is 66.0 Å². The van der Waals surface area contributed by atoms with Crippen LogP contribution in [0.1, 0.15) is 65.7 Å². The summed E-state index contributed by atoms with van der Waals surface area (Å²) in [5, 5.41) is 6.93. The van der Waals surface area contributed by atoms with Crippen LogP contribution < -0.4 is 10.6 Å². The van der Waals surface area contributed by atoms with Crippen LogP contribution in [0.25, 0.3) is 0 Å². The first-order valence-corrected chi connectivity index (χ1v) is 10.4. The lowest BCUT2D eigenvalue weighted by Gasteiger charge is -2.32. The lowest BCUT2D eigenvalue weighted by molar-refractivity contribution is -0.154. The number of guanidine groups is 1. The van der Waals surface area contributed by atoms with Crippen LogP contribution in [0, 0.1) is 0 Å². The summed E-state index contributed by atoms with van der Waals surface area (Å²) in [6.45, 7) is 13.6. The molecule has 6 nitrogen and oxygen atoms in total. The van der Waals surface area contributed by atoms with Crippen LogP contribution in [-0.4, -0.2) is 61.7 Å². The Morgan fingerprint density at radius 1 is 1.22 bits per heavy atom. The van der Waals surface area contributed by atoms with Gasteiger partial charge in [0.2, 0.25) is 0 Å². The molecule has 0 radical (unpaired) electrons. The van der Waals surface area contributed by atoms with Gasteiger partial charge in [0, 0.05) is 45.7 Å². The number of piperidine rings is 1. The number of carbonyl (C=O) groups is 1. The third-order valence-electron chi connectivity index (χ3n) is 4.56. The van der Waals surface area contributed by atoms with Gasteiger partial charge in [0.05, 0.1) is 0 Å². The normalized spacial score (nSPS) is 16.8. The minimum absolute atomic E-state index is 0.0932. The number of esters is 1. The van der Waals surface area contributed by atoms with E-state index in [4.69, 9.17) is 4.74 Å². The van der Waals surface area contributed by atoms with Crippen LogP contribution in [0.2, 0.25) is 0 Å². The molecule has 1 rings (SSSR count). The molecule has 0 aromatic carbocycles. The monoisotopic (exact) mass is 380 g/mol. The molecule has 27 heavy (non-hydrogen) atoms. The van der Waals surface area contributed by atoms with E-state index in [0.29, 0.717) is 12.5 Å². The minimum atomic E-state index is -0.383. The molecule has 1 saturated heterocycles. The van der Waals surface area contributed by atoms with Crippen molar-refractivity contribution in [1.29, 1.82) is 0 Å². The highest BCUT2D eigenvalue weighted by molar-refractivity contribution is 5.79. The number of hydrogen-bond donors (Lipinski definition) is 2. The van der Waals surface area contributed by atoms with E-state index >= 15 is 0 Å². The predicted octanol–water partition coefficient (Wildman–Crippen LogP) is 3.09. The zero-order valence-electron chi connectivity index (χ0n) is 17.9. The van der Waals surface area contributed by atoms with Gasteiger partial charge in [0.15, 0.2) is 5.96 Å². The molecule has 1 fully saturated rings. The number of hydrogen-bond acceptors (Lipinski definition) is 4. The zero-order chi connectivity index (χ0) is 20.1. The number of aliphatic imine (C=N–C) groups is 1. The zero-order valence-corrected chi connectivity index (χ0v) is 17.9. The van der Waals surface area contributed by atoms with E-state index < -0.39 is 0 Å². The van der Waals surface area contributed by atoms with Gasteiger partial charge in [-0.1, -0.05) is 18.9 Å². The Balaban J connectivity index is 2.06. The molecule has 1 heterocycles. The van der Waals surface area contributed by atoms with Crippen LogP contribution in [-0.2, 0) is 9.53 Å². The molecule has 1 aliphatic heterocycles. The summed E-state index contributed by atoms with van der Waals surface area (Å²) in [7, 11) is 1.82. The average molecular weight is 381 g/mol. The Morgan fingerprint density at radius 3 is 2.48 bits per heavy atom. The van der Waals surface area contributed by atoms with Gasteiger partial charge in [-0.05, 0) is 46.5 Å². The van der Waals surface area contributed by atoms with Crippen molar-refractivity contribution in [2.24, 2.45) is 4.99 Å². The van der Waals surface area contributed by atoms with Gasteiger partial charge in [0.25, 0.3) is 0 Å². The standard InChI is InChI=1S/C21H40N4O2/c1-6-15-25-16-12-18(13-17-25)24-20(22-5)23-14-10-8-7-9-11-19(26)27-21(2,3)4/h6,18H,1,7-17H2,2-5H3,(H2,22,23,24). The molecular formula is C21H40N4O2. The summed E-state index contributed by atoms with van der Waals surface area (Å²) in [5.41, 5.74) is -0.383. The van der Waals surface area contributed by atoms with Crippen molar-refractivity contribution < 1.29 is 9.53 Å². The van der Waals surface area contributed by atoms with E-state index in [9.17, 15) is 4.79 Å². The van der Waals surface area contributed by atoms with Crippen molar-refractivity contribution in [2.45, 2.75) is 77.4 Å². The van der Waals surface area contributed by atoms with Crippen LogP contribution >= 0.6 is 0 Å². The Labute approximate surface area is 165 Å². The molecule has 0 aromatic heterocycles. The Morgan fingerprint density at radius 2 is 1.89 bits per heavy atom. The largest absolute Gasteiger partial charge is 0.460 e. The van der Waals surface area contributed by atoms with E-state index in [1.165, 1.54) is 0 Å². The Hall–Kier alpha value is -1.56. The van der Waals surface area contributed by atoms with E-state index in [1.807, 2.05) is 33.9 Å². The Bertz CT molecular complexity index is 463. The minimum Gasteiger partial charge on any atom is -0.460 e. The quantitative estimate of drug-likeness (QED) is 0.200. The fourth-order valence-corrected chi connectivity index (χ4v) is 3.18. The number of nitrogens with one attached hydrogen (secondary N) is 2. The van der Waals surface area contributed by atoms with Crippen LogP contribution in [0.15, 0.2) is 17.6 Å². The first-order valence-electron chi connectivity index (χ1n) is 10.4. The van der Waals surface area contributed by atoms with Crippen molar-refractivity contribution in [3.63, 3.8) is 0 Å². The summed E-state index contributed by atoms with van der Waals surface area (Å²) in [6, 6.07) is 0.492. The molecule has 0 aromatic rings. The number of ether oxygens (including phenoxy) is 1. The van der Waals surface area contributed by atoms with E-state index in [-0.39, 0.29) is 11.6 Å². The second-order valence-corrected chi connectivity index (χ2v) is 8.26. The maximum atomic E-state index is 11.7. The van der Waals surface area contributed by atoms with Gasteiger partial charge in [-0.15, -0.1) is 6.58 Å². The Kier molecular flexibility index (Phi) is 11.1. The van der Waals surface area contributed by atoms with Crippen molar-refractivity contribution in [2.75, 3.05) is 33.2 Å². The molecule has 0 aliphatic carbocycles. The second kappa shape index (κ2) is 12.8. The molecule has 0 saturated carbocycles. The molecule has 0 amide bonds. The highest BCUT2D eigenvalue weighted by atomic mass is 16.6. The molecule has 0 atom stereocenters. The van der Waals surface area contributed by atoms with Gasteiger partial charge in [0.1, 0.15) is 5.60 Å². The number of unbranched alkanes of at least 4 members (excludes halogenated alkanes) is 3. The smallest absolute Gasteiger partial charge is 0.306 e. The van der Waals surface area contributed by atoms with Gasteiger partial charge >= 0.3 is 5.97 Å². The van der Waals surface area contributed by atoms with Gasteiger partial charge in [-0.2, -0.15) is 0 Å². The first-order chi connectivity index (χ1) is 12.8. The average Bonchev–Trinajstić information content (AvgIpc) is 2.60. The van der Waals surface area contributed by atoms with Crippen molar-refractivity contribution in [3.05, 3.63) is 12.7 Å². The molecule has 0 unspecified atom stereocenters. The maximum Gasteiger partial charge on any atom is 0.306 e. The van der Waals surface area contributed by atoms with Crippen LogP contribution in [0.5, 0.6) is 0 Å². The van der Waals surface area contributed by atoms with Gasteiger partial charge in [-0.3, -0.25) is 14.7 Å². The molecule has 1 aliphatic rings. The SMILES string of the molecule is C=CCN1CCC(NC(=NC)NCCCCCCC(=O)OC(C)(C)C)CC1. The molecular weight excluding hydrogens is 340 g/mol. The number of likely N-dealkylation sites (tertiary alicyclic amines) is 1. The van der Waals surface area contributed by atoms with Crippen molar-refractivity contribution >= 4 is 11.9 Å². The maximum absolute atomic E-state index is 11.7. The number of rotatable bonds is 10. The summed E-state index contributed by atoms with van der Waals surface area (Å²) in [4.78, 5) is 18.4. The second-order valence-electron chi connectivity index (χ2n) is 8.26.